The Morgan fingerprint density at radius 3 is 0.844 bits per heavy atom. The second-order valence-electron chi connectivity index (χ2n) is 10.5. The van der Waals surface area contributed by atoms with E-state index >= 15 is 0 Å². The van der Waals surface area contributed by atoms with Crippen LogP contribution in [0.3, 0.4) is 0 Å². The molecule has 0 N–H and O–H groups in total. The minimum atomic E-state index is -0.271. The molecule has 0 amide bonds. The fourth-order valence-corrected chi connectivity index (χ4v) is 4.63. The van der Waals surface area contributed by atoms with E-state index in [9.17, 15) is 19.2 Å². The van der Waals surface area contributed by atoms with Gasteiger partial charge in [0.2, 0.25) is 0 Å². The molecule has 4 aromatic rings. The van der Waals surface area contributed by atoms with E-state index in [-0.39, 0.29) is 10.8 Å². The lowest BCUT2D eigenvalue weighted by Crippen LogP contribution is -2.14. The molecule has 0 radical (unpaired) electrons. The standard InChI is InChI=1S/C28H26O4/c1-27(2,3)15-7-17-21(11-29)23(13-31)19-9-16(28(4,5)6)10-20-24(14-32)22(12-30)18(8-15)25(17)26(19)20/h7-14H,1-6H3. The number of hydrogen-bond acceptors (Lipinski definition) is 4. The topological polar surface area (TPSA) is 68.3 Å². The van der Waals surface area contributed by atoms with Gasteiger partial charge in [-0.15, -0.1) is 0 Å². The summed E-state index contributed by atoms with van der Waals surface area (Å²) < 4.78 is 0. The Morgan fingerprint density at radius 1 is 0.469 bits per heavy atom. The second-order valence-corrected chi connectivity index (χ2v) is 10.5. The number of aldehydes is 4. The summed E-state index contributed by atoms with van der Waals surface area (Å²) in [5.74, 6) is 0. The van der Waals surface area contributed by atoms with E-state index in [0.29, 0.717) is 43.8 Å². The van der Waals surface area contributed by atoms with Gasteiger partial charge in [0, 0.05) is 22.3 Å². The summed E-state index contributed by atoms with van der Waals surface area (Å²) >= 11 is 0. The normalized spacial score (nSPS) is 12.6. The second kappa shape index (κ2) is 7.06. The fraction of sp³-hybridized carbons (Fsp3) is 0.286. The summed E-state index contributed by atoms with van der Waals surface area (Å²) in [7, 11) is 0. The number of carbonyl (C=O) groups excluding carboxylic acids is 4. The lowest BCUT2D eigenvalue weighted by Gasteiger charge is -2.26. The summed E-state index contributed by atoms with van der Waals surface area (Å²) in [6.45, 7) is 12.2. The third-order valence-corrected chi connectivity index (χ3v) is 6.47. The van der Waals surface area contributed by atoms with Crippen molar-refractivity contribution in [2.45, 2.75) is 52.4 Å². The molecule has 162 valence electrons. The van der Waals surface area contributed by atoms with Gasteiger partial charge in [-0.25, -0.2) is 0 Å². The summed E-state index contributed by atoms with van der Waals surface area (Å²) in [6.07, 6.45) is 2.88. The summed E-state index contributed by atoms with van der Waals surface area (Å²) in [6, 6.07) is 7.74. The highest BCUT2D eigenvalue weighted by Gasteiger charge is 2.27. The van der Waals surface area contributed by atoms with Gasteiger partial charge in [0.05, 0.1) is 0 Å². The number of hydrogen-bond donors (Lipinski definition) is 0. The van der Waals surface area contributed by atoms with Crippen molar-refractivity contribution in [1.29, 1.82) is 0 Å². The zero-order valence-corrected chi connectivity index (χ0v) is 19.3. The molecule has 4 aromatic carbocycles. The van der Waals surface area contributed by atoms with Gasteiger partial charge >= 0.3 is 0 Å². The van der Waals surface area contributed by atoms with Crippen LogP contribution in [-0.2, 0) is 10.8 Å². The maximum atomic E-state index is 12.3. The van der Waals surface area contributed by atoms with Crippen LogP contribution in [0.25, 0.3) is 32.3 Å². The first-order chi connectivity index (χ1) is 15.0. The molecule has 0 saturated heterocycles. The van der Waals surface area contributed by atoms with Gasteiger partial charge in [-0.05, 0) is 78.5 Å². The lowest BCUT2D eigenvalue weighted by atomic mass is 9.77. The Morgan fingerprint density at radius 2 is 0.688 bits per heavy atom. The van der Waals surface area contributed by atoms with Crippen LogP contribution in [-0.4, -0.2) is 25.1 Å². The van der Waals surface area contributed by atoms with Crippen molar-refractivity contribution >= 4 is 57.5 Å². The monoisotopic (exact) mass is 426 g/mol. The van der Waals surface area contributed by atoms with Crippen molar-refractivity contribution in [2.24, 2.45) is 0 Å². The SMILES string of the molecule is CC(C)(C)c1cc2c(C=O)c(C=O)c3cc(C(C)(C)C)cc4c(C=O)c(C=O)c(c1)c2c34. The van der Waals surface area contributed by atoms with E-state index in [1.54, 1.807) is 0 Å². The molecule has 0 unspecified atom stereocenters. The molecule has 0 fully saturated rings. The predicted molar refractivity (Wildman–Crippen MR) is 129 cm³/mol. The van der Waals surface area contributed by atoms with Crippen molar-refractivity contribution in [3.8, 4) is 0 Å². The van der Waals surface area contributed by atoms with E-state index in [1.807, 2.05) is 65.8 Å². The van der Waals surface area contributed by atoms with E-state index in [4.69, 9.17) is 0 Å². The van der Waals surface area contributed by atoms with Crippen molar-refractivity contribution < 1.29 is 19.2 Å². The Bertz CT molecular complexity index is 1240. The highest BCUT2D eigenvalue weighted by Crippen LogP contribution is 2.45. The molecular weight excluding hydrogens is 400 g/mol. The Balaban J connectivity index is 2.48. The lowest BCUT2D eigenvalue weighted by molar-refractivity contribution is 0.109. The van der Waals surface area contributed by atoms with E-state index in [2.05, 4.69) is 0 Å². The molecule has 4 rings (SSSR count). The number of carbonyl (C=O) groups is 4. The minimum Gasteiger partial charge on any atom is -0.298 e. The summed E-state index contributed by atoms with van der Waals surface area (Å²) in [5, 5.41) is 4.00. The highest BCUT2D eigenvalue weighted by atomic mass is 16.1. The molecule has 0 aliphatic rings. The minimum absolute atomic E-state index is 0.271. The van der Waals surface area contributed by atoms with Crippen LogP contribution >= 0.6 is 0 Å². The van der Waals surface area contributed by atoms with Crippen molar-refractivity contribution in [3.63, 3.8) is 0 Å². The van der Waals surface area contributed by atoms with E-state index < -0.39 is 0 Å². The van der Waals surface area contributed by atoms with Crippen molar-refractivity contribution in [1.82, 2.24) is 0 Å². The highest BCUT2D eigenvalue weighted by molar-refractivity contribution is 6.34. The average molecular weight is 427 g/mol. The first kappa shape index (κ1) is 21.8. The summed E-state index contributed by atoms with van der Waals surface area (Å²) in [5.41, 5.74) is 2.54. The molecule has 32 heavy (non-hydrogen) atoms. The maximum Gasteiger partial charge on any atom is 0.151 e. The van der Waals surface area contributed by atoms with Crippen molar-refractivity contribution in [3.05, 3.63) is 57.6 Å². The molecular formula is C28H26O4. The van der Waals surface area contributed by atoms with Gasteiger partial charge in [0.1, 0.15) is 0 Å². The van der Waals surface area contributed by atoms with Crippen LogP contribution in [0.4, 0.5) is 0 Å². The molecule has 0 bridgehead atoms. The van der Waals surface area contributed by atoms with Gasteiger partial charge in [0.15, 0.2) is 25.1 Å². The molecule has 0 aromatic heterocycles. The Kier molecular flexibility index (Phi) is 4.81. The number of benzene rings is 4. The van der Waals surface area contributed by atoms with Gasteiger partial charge in [0.25, 0.3) is 0 Å². The van der Waals surface area contributed by atoms with Gasteiger partial charge < -0.3 is 0 Å². The van der Waals surface area contributed by atoms with E-state index in [0.717, 1.165) is 47.0 Å². The quantitative estimate of drug-likeness (QED) is 0.279. The molecule has 0 aliphatic carbocycles. The molecule has 0 atom stereocenters. The summed E-state index contributed by atoms with van der Waals surface area (Å²) in [4.78, 5) is 49.1. The molecule has 0 spiro atoms. The molecule has 0 saturated carbocycles. The average Bonchev–Trinajstić information content (AvgIpc) is 2.73. The molecule has 4 nitrogen and oxygen atoms in total. The Hall–Kier alpha value is -3.40. The first-order valence-electron chi connectivity index (χ1n) is 10.7. The van der Waals surface area contributed by atoms with Gasteiger partial charge in [-0.3, -0.25) is 19.2 Å². The molecule has 0 heterocycles. The van der Waals surface area contributed by atoms with Crippen LogP contribution in [0.2, 0.25) is 0 Å². The van der Waals surface area contributed by atoms with Gasteiger partial charge in [-0.2, -0.15) is 0 Å². The van der Waals surface area contributed by atoms with Gasteiger partial charge in [-0.1, -0.05) is 41.5 Å². The van der Waals surface area contributed by atoms with Crippen LogP contribution in [0.1, 0.15) is 94.1 Å². The van der Waals surface area contributed by atoms with Crippen LogP contribution in [0.5, 0.6) is 0 Å². The fourth-order valence-electron chi connectivity index (χ4n) is 4.63. The maximum absolute atomic E-state index is 12.3. The smallest absolute Gasteiger partial charge is 0.151 e. The van der Waals surface area contributed by atoms with Crippen LogP contribution < -0.4 is 0 Å². The number of rotatable bonds is 4. The van der Waals surface area contributed by atoms with Crippen LogP contribution in [0, 0.1) is 0 Å². The first-order valence-corrected chi connectivity index (χ1v) is 10.7. The van der Waals surface area contributed by atoms with E-state index in [1.165, 1.54) is 0 Å². The third-order valence-electron chi connectivity index (χ3n) is 6.47. The molecule has 4 heteroatoms. The zero-order chi connectivity index (χ0) is 23.6. The third kappa shape index (κ3) is 2.97. The van der Waals surface area contributed by atoms with Crippen molar-refractivity contribution in [2.75, 3.05) is 0 Å². The van der Waals surface area contributed by atoms with Crippen LogP contribution in [0.15, 0.2) is 24.3 Å². The zero-order valence-electron chi connectivity index (χ0n) is 19.3. The molecule has 0 aliphatic heterocycles. The largest absolute Gasteiger partial charge is 0.298 e. The Labute approximate surface area is 186 Å². The predicted octanol–water partition coefficient (Wildman–Crippen LogP) is 6.43.